The molecule has 2 rings (SSSR count). The molecule has 0 N–H and O–H groups in total. The molecule has 1 heterocycles. The smallest absolute Gasteiger partial charge is 0.284 e. The molecule has 0 aliphatic heterocycles. The van der Waals surface area contributed by atoms with Gasteiger partial charge in [0.15, 0.2) is 0 Å². The van der Waals surface area contributed by atoms with Crippen LogP contribution in [0.15, 0.2) is 60.3 Å². The molecule has 0 unspecified atom stereocenters. The molecule has 1 amide bonds. The van der Waals surface area contributed by atoms with Crippen molar-refractivity contribution in [1.82, 2.24) is 9.47 Å². The normalized spacial score (nSPS) is 12.0. The van der Waals surface area contributed by atoms with Gasteiger partial charge in [-0.25, -0.2) is 14.3 Å². The lowest BCUT2D eigenvalue weighted by Gasteiger charge is -2.24. The molecular weight excluding hydrogens is 264 g/mol. The fourth-order valence-electron chi connectivity index (χ4n) is 1.94. The molecule has 1 aromatic heterocycles. The zero-order valence-electron chi connectivity index (χ0n) is 12.0. The Balaban J connectivity index is 2.37. The van der Waals surface area contributed by atoms with Crippen LogP contribution in [-0.2, 0) is 9.59 Å². The predicted molar refractivity (Wildman–Crippen MR) is 83.0 cm³/mol. The Bertz CT molecular complexity index is 662. The first kappa shape index (κ1) is 14.8. The van der Waals surface area contributed by atoms with Crippen LogP contribution in [-0.4, -0.2) is 31.3 Å². The maximum atomic E-state index is 12.6. The highest BCUT2D eigenvalue weighted by atomic mass is 16.2. The molecule has 0 bridgehead atoms. The Morgan fingerprint density at radius 2 is 1.76 bits per heavy atom. The van der Waals surface area contributed by atoms with Crippen LogP contribution in [0.25, 0.3) is 6.08 Å². The molecule has 1 aromatic carbocycles. The largest absolute Gasteiger partial charge is 0.355 e. The number of hydrogen-bond donors (Lipinski definition) is 0. The monoisotopic (exact) mass is 280 g/mol. The van der Waals surface area contributed by atoms with Gasteiger partial charge in [0.25, 0.3) is 0 Å². The summed E-state index contributed by atoms with van der Waals surface area (Å²) >= 11 is 0. The van der Waals surface area contributed by atoms with E-state index in [2.05, 4.69) is 4.98 Å². The molecule has 4 heteroatoms. The van der Waals surface area contributed by atoms with E-state index in [0.29, 0.717) is 5.82 Å². The van der Waals surface area contributed by atoms with Crippen molar-refractivity contribution in [1.29, 1.82) is 0 Å². The summed E-state index contributed by atoms with van der Waals surface area (Å²) in [6.45, 7) is 0. The van der Waals surface area contributed by atoms with Crippen LogP contribution in [0, 0.1) is 0 Å². The Morgan fingerprint density at radius 1 is 1.10 bits per heavy atom. The summed E-state index contributed by atoms with van der Waals surface area (Å²) in [7, 11) is 3.39. The SMILES string of the molecule is C[N+](C)(C(=O)C([C]=O)=Cc1ccccc1)c1ccccn1. The number of carbonyl (C=O) groups is 1. The molecule has 0 aliphatic rings. The van der Waals surface area contributed by atoms with Crippen molar-refractivity contribution in [3.05, 3.63) is 65.9 Å². The Kier molecular flexibility index (Phi) is 4.40. The first-order valence-corrected chi connectivity index (χ1v) is 6.51. The van der Waals surface area contributed by atoms with Gasteiger partial charge in [0.2, 0.25) is 12.1 Å². The zero-order valence-corrected chi connectivity index (χ0v) is 12.0. The Labute approximate surface area is 124 Å². The number of rotatable bonds is 4. The summed E-state index contributed by atoms with van der Waals surface area (Å²) in [6, 6.07) is 14.5. The number of benzene rings is 1. The van der Waals surface area contributed by atoms with Crippen LogP contribution < -0.4 is 4.48 Å². The van der Waals surface area contributed by atoms with E-state index in [1.165, 1.54) is 6.08 Å². The lowest BCUT2D eigenvalue weighted by Crippen LogP contribution is -2.48. The molecule has 0 saturated heterocycles. The summed E-state index contributed by atoms with van der Waals surface area (Å²) in [6.07, 6.45) is 4.90. The van der Waals surface area contributed by atoms with Crippen LogP contribution in [0.4, 0.5) is 5.82 Å². The van der Waals surface area contributed by atoms with Gasteiger partial charge in [-0.1, -0.05) is 36.4 Å². The average Bonchev–Trinajstić information content (AvgIpc) is 2.53. The molecular formula is C17H16N2O2+. The molecule has 0 aliphatic carbocycles. The van der Waals surface area contributed by atoms with Gasteiger partial charge < -0.3 is 0 Å². The molecule has 21 heavy (non-hydrogen) atoms. The first-order chi connectivity index (χ1) is 10.1. The summed E-state index contributed by atoms with van der Waals surface area (Å²) in [5, 5.41) is 0. The minimum atomic E-state index is -0.354. The highest BCUT2D eigenvalue weighted by Gasteiger charge is 2.33. The predicted octanol–water partition coefficient (Wildman–Crippen LogP) is 2.37. The van der Waals surface area contributed by atoms with Crippen LogP contribution in [0.3, 0.4) is 0 Å². The second kappa shape index (κ2) is 6.24. The van der Waals surface area contributed by atoms with Gasteiger partial charge >= 0.3 is 5.91 Å². The molecule has 2 aromatic rings. The fraction of sp³-hybridized carbons (Fsp3) is 0.118. The van der Waals surface area contributed by atoms with Crippen LogP contribution in [0.5, 0.6) is 0 Å². The van der Waals surface area contributed by atoms with Crippen molar-refractivity contribution in [3.8, 4) is 0 Å². The third-order valence-electron chi connectivity index (χ3n) is 3.18. The highest BCUT2D eigenvalue weighted by molar-refractivity contribution is 6.18. The number of likely N-dealkylation sites (N-methyl/N-ethyl adjacent to an activating group) is 1. The first-order valence-electron chi connectivity index (χ1n) is 6.51. The van der Waals surface area contributed by atoms with E-state index in [4.69, 9.17) is 0 Å². The lowest BCUT2D eigenvalue weighted by molar-refractivity contribution is -0.123. The van der Waals surface area contributed by atoms with E-state index >= 15 is 0 Å². The van der Waals surface area contributed by atoms with E-state index < -0.39 is 0 Å². The molecule has 0 atom stereocenters. The van der Waals surface area contributed by atoms with Gasteiger partial charge in [0.1, 0.15) is 5.57 Å². The van der Waals surface area contributed by atoms with E-state index in [9.17, 15) is 9.59 Å². The number of aromatic nitrogens is 1. The maximum Gasteiger partial charge on any atom is 0.355 e. The zero-order chi connectivity index (χ0) is 15.3. The van der Waals surface area contributed by atoms with Crippen LogP contribution in [0.2, 0.25) is 0 Å². The molecule has 1 radical (unpaired) electrons. The number of amides is 1. The van der Waals surface area contributed by atoms with E-state index in [1.807, 2.05) is 30.3 Å². The molecule has 4 nitrogen and oxygen atoms in total. The summed E-state index contributed by atoms with van der Waals surface area (Å²) in [5.41, 5.74) is 0.780. The van der Waals surface area contributed by atoms with E-state index in [-0.39, 0.29) is 16.0 Å². The van der Waals surface area contributed by atoms with Gasteiger partial charge in [-0.3, -0.25) is 4.79 Å². The number of hydrogen-bond acceptors (Lipinski definition) is 3. The standard InChI is InChI=1S/C17H16N2O2/c1-19(2,16-10-6-7-11-18-16)17(21)15(13-20)12-14-8-4-3-5-9-14/h3-12H,1-2H3/q+1. The Hall–Kier alpha value is -2.59. The summed E-state index contributed by atoms with van der Waals surface area (Å²) < 4.78 is -0.144. The second-order valence-electron chi connectivity index (χ2n) is 5.02. The van der Waals surface area contributed by atoms with E-state index in [0.717, 1.165) is 5.56 Å². The van der Waals surface area contributed by atoms with Crippen molar-refractivity contribution >= 4 is 24.1 Å². The quantitative estimate of drug-likeness (QED) is 0.374. The summed E-state index contributed by atoms with van der Waals surface area (Å²) in [4.78, 5) is 28.0. The number of carbonyl (C=O) groups excluding carboxylic acids is 2. The van der Waals surface area contributed by atoms with Crippen molar-refractivity contribution in [2.45, 2.75) is 0 Å². The van der Waals surface area contributed by atoms with E-state index in [1.54, 1.807) is 44.8 Å². The molecule has 0 spiro atoms. The number of pyridine rings is 1. The van der Waals surface area contributed by atoms with Gasteiger partial charge in [0.05, 0.1) is 14.1 Å². The Morgan fingerprint density at radius 3 is 2.33 bits per heavy atom. The van der Waals surface area contributed by atoms with Gasteiger partial charge in [0, 0.05) is 12.3 Å². The van der Waals surface area contributed by atoms with Crippen molar-refractivity contribution in [2.24, 2.45) is 0 Å². The molecule has 0 saturated carbocycles. The molecule has 105 valence electrons. The number of quaternary nitrogens is 1. The topological polar surface area (TPSA) is 47.0 Å². The van der Waals surface area contributed by atoms with Gasteiger partial charge in [-0.05, 0) is 17.7 Å². The lowest BCUT2D eigenvalue weighted by atomic mass is 10.1. The maximum absolute atomic E-state index is 12.6. The highest BCUT2D eigenvalue weighted by Crippen LogP contribution is 2.19. The van der Waals surface area contributed by atoms with Crippen LogP contribution in [0.1, 0.15) is 5.56 Å². The third kappa shape index (κ3) is 3.30. The molecule has 0 fully saturated rings. The average molecular weight is 280 g/mol. The number of nitrogens with zero attached hydrogens (tertiary/aromatic N) is 2. The van der Waals surface area contributed by atoms with Crippen molar-refractivity contribution in [2.75, 3.05) is 14.1 Å². The third-order valence-corrected chi connectivity index (χ3v) is 3.18. The second-order valence-corrected chi connectivity index (χ2v) is 5.02. The van der Waals surface area contributed by atoms with Crippen LogP contribution >= 0.6 is 0 Å². The minimum Gasteiger partial charge on any atom is -0.284 e. The summed E-state index contributed by atoms with van der Waals surface area (Å²) in [5.74, 6) is 0.212. The van der Waals surface area contributed by atoms with Crippen molar-refractivity contribution < 1.29 is 9.59 Å². The fourth-order valence-corrected chi connectivity index (χ4v) is 1.94. The van der Waals surface area contributed by atoms with Gasteiger partial charge in [-0.15, -0.1) is 0 Å². The van der Waals surface area contributed by atoms with Crippen molar-refractivity contribution in [3.63, 3.8) is 0 Å². The minimum absolute atomic E-state index is 0.00291. The van der Waals surface area contributed by atoms with Gasteiger partial charge in [-0.2, -0.15) is 0 Å².